The Kier molecular flexibility index (Phi) is 4.10. The minimum Gasteiger partial charge on any atom is -0.481 e. The van der Waals surface area contributed by atoms with Crippen molar-refractivity contribution in [1.29, 1.82) is 0 Å². The third-order valence-electron chi connectivity index (χ3n) is 3.32. The number of rotatable bonds is 4. The number of para-hydroxylation sites is 1. The highest BCUT2D eigenvalue weighted by Gasteiger charge is 2.15. The molecule has 0 aliphatic heterocycles. The molecule has 1 atom stereocenters. The molecule has 116 valence electrons. The molecule has 3 aromatic rings. The molecule has 0 spiro atoms. The number of nitrogens with one attached hydrogen (secondary N) is 1. The van der Waals surface area contributed by atoms with Gasteiger partial charge in [0.15, 0.2) is 6.10 Å². The third-order valence-corrected chi connectivity index (χ3v) is 3.32. The topological polar surface area (TPSA) is 68.5 Å². The number of fused-ring (bicyclic) bond motifs is 1. The Bertz CT molecular complexity index is 886. The highest BCUT2D eigenvalue weighted by molar-refractivity contribution is 5.94. The van der Waals surface area contributed by atoms with Crippen LogP contribution in [0.25, 0.3) is 11.0 Å². The van der Waals surface area contributed by atoms with Crippen molar-refractivity contribution in [3.63, 3.8) is 0 Å². The van der Waals surface area contributed by atoms with Crippen LogP contribution in [0.4, 0.5) is 5.69 Å². The molecular weight excluding hydrogens is 294 g/mol. The van der Waals surface area contributed by atoms with Crippen LogP contribution in [0.5, 0.6) is 5.75 Å². The van der Waals surface area contributed by atoms with Gasteiger partial charge in [0.1, 0.15) is 11.3 Å². The highest BCUT2D eigenvalue weighted by atomic mass is 16.5. The van der Waals surface area contributed by atoms with Crippen molar-refractivity contribution in [3.05, 3.63) is 71.1 Å². The molecule has 0 aliphatic carbocycles. The molecule has 0 fully saturated rings. The molecule has 0 unspecified atom stereocenters. The van der Waals surface area contributed by atoms with E-state index in [-0.39, 0.29) is 5.91 Å². The first-order valence-electron chi connectivity index (χ1n) is 7.18. The molecule has 23 heavy (non-hydrogen) atoms. The Balaban J connectivity index is 1.73. The van der Waals surface area contributed by atoms with Gasteiger partial charge in [-0.1, -0.05) is 18.2 Å². The van der Waals surface area contributed by atoms with Crippen LogP contribution < -0.4 is 15.7 Å². The van der Waals surface area contributed by atoms with Crippen LogP contribution in [0.15, 0.2) is 69.9 Å². The van der Waals surface area contributed by atoms with E-state index in [1.807, 2.05) is 18.2 Å². The summed E-state index contributed by atoms with van der Waals surface area (Å²) < 4.78 is 10.7. The average molecular weight is 309 g/mol. The van der Waals surface area contributed by atoms with Crippen LogP contribution in [-0.2, 0) is 4.79 Å². The fourth-order valence-electron chi connectivity index (χ4n) is 2.14. The number of amides is 1. The molecule has 1 amide bonds. The van der Waals surface area contributed by atoms with Crippen LogP contribution in [0, 0.1) is 0 Å². The first-order chi connectivity index (χ1) is 11.1. The lowest BCUT2D eigenvalue weighted by atomic mass is 10.2. The van der Waals surface area contributed by atoms with Crippen molar-refractivity contribution >= 4 is 22.6 Å². The van der Waals surface area contributed by atoms with Crippen LogP contribution in [-0.4, -0.2) is 12.0 Å². The SMILES string of the molecule is C[C@@H](Oc1ccc2ccc(=O)oc2c1)C(=O)Nc1ccccc1. The van der Waals surface area contributed by atoms with E-state index >= 15 is 0 Å². The summed E-state index contributed by atoms with van der Waals surface area (Å²) in [5, 5.41) is 3.56. The molecule has 0 aliphatic rings. The zero-order valence-corrected chi connectivity index (χ0v) is 12.5. The van der Waals surface area contributed by atoms with Gasteiger partial charge in [0, 0.05) is 23.2 Å². The zero-order chi connectivity index (χ0) is 16.2. The first kappa shape index (κ1) is 14.8. The lowest BCUT2D eigenvalue weighted by molar-refractivity contribution is -0.122. The molecular formula is C18H15NO4. The smallest absolute Gasteiger partial charge is 0.336 e. The average Bonchev–Trinajstić information content (AvgIpc) is 2.55. The lowest BCUT2D eigenvalue weighted by Crippen LogP contribution is -2.30. The van der Waals surface area contributed by atoms with Crippen LogP contribution in [0.3, 0.4) is 0 Å². The minimum absolute atomic E-state index is 0.259. The normalized spacial score (nSPS) is 11.9. The number of hydrogen-bond donors (Lipinski definition) is 1. The van der Waals surface area contributed by atoms with E-state index < -0.39 is 11.7 Å². The molecule has 1 N–H and O–H groups in total. The van der Waals surface area contributed by atoms with Gasteiger partial charge in [-0.25, -0.2) is 4.79 Å². The van der Waals surface area contributed by atoms with Crippen molar-refractivity contribution in [2.75, 3.05) is 5.32 Å². The van der Waals surface area contributed by atoms with Gasteiger partial charge in [0.2, 0.25) is 0 Å². The number of carbonyl (C=O) groups excluding carboxylic acids is 1. The van der Waals surface area contributed by atoms with Gasteiger partial charge in [-0.2, -0.15) is 0 Å². The Morgan fingerprint density at radius 2 is 1.83 bits per heavy atom. The molecule has 0 radical (unpaired) electrons. The summed E-state index contributed by atoms with van der Waals surface area (Å²) in [7, 11) is 0. The Hall–Kier alpha value is -3.08. The second-order valence-corrected chi connectivity index (χ2v) is 5.07. The maximum absolute atomic E-state index is 12.1. The van der Waals surface area contributed by atoms with Gasteiger partial charge in [-0.15, -0.1) is 0 Å². The van der Waals surface area contributed by atoms with Crippen LogP contribution in [0.1, 0.15) is 6.92 Å². The van der Waals surface area contributed by atoms with E-state index in [9.17, 15) is 9.59 Å². The number of carbonyl (C=O) groups is 1. The molecule has 0 saturated carbocycles. The van der Waals surface area contributed by atoms with Crippen molar-refractivity contribution in [3.8, 4) is 5.75 Å². The lowest BCUT2D eigenvalue weighted by Gasteiger charge is -2.15. The van der Waals surface area contributed by atoms with E-state index in [0.717, 1.165) is 5.39 Å². The standard InChI is InChI=1S/C18H15NO4/c1-12(18(21)19-14-5-3-2-4-6-14)22-15-9-7-13-8-10-17(20)23-16(13)11-15/h2-12H,1H3,(H,19,21)/t12-/m1/s1. The summed E-state index contributed by atoms with van der Waals surface area (Å²) >= 11 is 0. The zero-order valence-electron chi connectivity index (χ0n) is 12.5. The summed E-state index contributed by atoms with van der Waals surface area (Å²) in [6, 6.07) is 17.3. The molecule has 1 heterocycles. The Morgan fingerprint density at radius 3 is 2.61 bits per heavy atom. The van der Waals surface area contributed by atoms with Gasteiger partial charge >= 0.3 is 5.63 Å². The summed E-state index contributed by atoms with van der Waals surface area (Å²) in [5.74, 6) is 0.202. The maximum atomic E-state index is 12.1. The van der Waals surface area contributed by atoms with Gasteiger partial charge in [0.25, 0.3) is 5.91 Å². The first-order valence-corrected chi connectivity index (χ1v) is 7.18. The molecule has 5 nitrogen and oxygen atoms in total. The van der Waals surface area contributed by atoms with Gasteiger partial charge < -0.3 is 14.5 Å². The molecule has 5 heteroatoms. The summed E-state index contributed by atoms with van der Waals surface area (Å²) in [6.45, 7) is 1.66. The van der Waals surface area contributed by atoms with Crippen molar-refractivity contribution < 1.29 is 13.9 Å². The molecule has 3 rings (SSSR count). The van der Waals surface area contributed by atoms with Gasteiger partial charge in [0.05, 0.1) is 0 Å². The Labute approximate surface area is 132 Å². The molecule has 0 bridgehead atoms. The number of hydrogen-bond acceptors (Lipinski definition) is 4. The van der Waals surface area contributed by atoms with Gasteiger partial charge in [-0.05, 0) is 37.3 Å². The number of ether oxygens (including phenoxy) is 1. The van der Waals surface area contributed by atoms with Crippen molar-refractivity contribution in [1.82, 2.24) is 0 Å². The predicted octanol–water partition coefficient (Wildman–Crippen LogP) is 3.20. The molecule has 2 aromatic carbocycles. The second-order valence-electron chi connectivity index (χ2n) is 5.07. The molecule has 1 aromatic heterocycles. The maximum Gasteiger partial charge on any atom is 0.336 e. The van der Waals surface area contributed by atoms with E-state index in [4.69, 9.17) is 9.15 Å². The van der Waals surface area contributed by atoms with Crippen LogP contribution >= 0.6 is 0 Å². The summed E-state index contributed by atoms with van der Waals surface area (Å²) in [6.07, 6.45) is -0.692. The Morgan fingerprint density at radius 1 is 1.09 bits per heavy atom. The van der Waals surface area contributed by atoms with E-state index in [1.165, 1.54) is 6.07 Å². The highest BCUT2D eigenvalue weighted by Crippen LogP contribution is 2.20. The van der Waals surface area contributed by atoms with Crippen LogP contribution in [0.2, 0.25) is 0 Å². The monoisotopic (exact) mass is 309 g/mol. The van der Waals surface area contributed by atoms with Crippen molar-refractivity contribution in [2.24, 2.45) is 0 Å². The predicted molar refractivity (Wildman–Crippen MR) is 87.6 cm³/mol. The molecule has 0 saturated heterocycles. The van der Waals surface area contributed by atoms with E-state index in [1.54, 1.807) is 43.3 Å². The second kappa shape index (κ2) is 6.36. The third kappa shape index (κ3) is 3.58. The van der Waals surface area contributed by atoms with Gasteiger partial charge in [-0.3, -0.25) is 4.79 Å². The number of benzene rings is 2. The van der Waals surface area contributed by atoms with E-state index in [0.29, 0.717) is 17.0 Å². The quantitative estimate of drug-likeness (QED) is 0.751. The summed E-state index contributed by atoms with van der Waals surface area (Å²) in [5.41, 5.74) is 0.702. The summed E-state index contributed by atoms with van der Waals surface area (Å²) in [4.78, 5) is 23.4. The van der Waals surface area contributed by atoms with E-state index in [2.05, 4.69) is 5.32 Å². The fourth-order valence-corrected chi connectivity index (χ4v) is 2.14. The van der Waals surface area contributed by atoms with Crippen molar-refractivity contribution in [2.45, 2.75) is 13.0 Å². The largest absolute Gasteiger partial charge is 0.481 e. The fraction of sp³-hybridized carbons (Fsp3) is 0.111. The number of anilines is 1. The minimum atomic E-state index is -0.692.